The molecule has 5 nitrogen and oxygen atoms in total. The monoisotopic (exact) mass is 174 g/mol. The van der Waals surface area contributed by atoms with Gasteiger partial charge in [-0.05, 0) is 0 Å². The summed E-state index contributed by atoms with van der Waals surface area (Å²) in [5.74, 6) is -0.347. The number of hydrogen-bond donors (Lipinski definition) is 2. The van der Waals surface area contributed by atoms with E-state index in [0.717, 1.165) is 0 Å². The van der Waals surface area contributed by atoms with E-state index < -0.39 is 18.3 Å². The topological polar surface area (TPSA) is 76.0 Å². The smallest absolute Gasteiger partial charge is 0.309 e. The number of hydrogen-bond acceptors (Lipinski definition) is 5. The Morgan fingerprint density at radius 1 is 1.58 bits per heavy atom. The Bertz CT molecular complexity index is 204. The van der Waals surface area contributed by atoms with Crippen molar-refractivity contribution in [2.24, 2.45) is 0 Å². The molecule has 2 N–H and O–H groups in total. The third-order valence-corrected chi connectivity index (χ3v) is 2.25. The lowest BCUT2D eigenvalue weighted by Crippen LogP contribution is -2.33. The number of fused-ring (bicyclic) bond motifs is 1. The second-order valence-corrected chi connectivity index (χ2v) is 3.04. The van der Waals surface area contributed by atoms with Gasteiger partial charge in [0.25, 0.3) is 0 Å². The van der Waals surface area contributed by atoms with Crippen LogP contribution in [0.3, 0.4) is 0 Å². The van der Waals surface area contributed by atoms with Crippen molar-refractivity contribution in [3.05, 3.63) is 0 Å². The lowest BCUT2D eigenvalue weighted by atomic mass is 10.1. The maximum absolute atomic E-state index is 10.7. The summed E-state index contributed by atoms with van der Waals surface area (Å²) in [4.78, 5) is 10.7. The molecule has 5 heteroatoms. The Morgan fingerprint density at radius 3 is 2.92 bits per heavy atom. The van der Waals surface area contributed by atoms with Crippen LogP contribution in [0.15, 0.2) is 0 Å². The van der Waals surface area contributed by atoms with E-state index in [-0.39, 0.29) is 25.1 Å². The maximum Gasteiger partial charge on any atom is 0.309 e. The molecule has 0 aromatic rings. The standard InChI is InChI=1S/C7H10O5/c8-2-4-6(10)7-3(11-4)1-5(9)12-7/h3-4,6-8,10H,1-2H2. The van der Waals surface area contributed by atoms with Gasteiger partial charge in [0.1, 0.15) is 18.3 Å². The largest absolute Gasteiger partial charge is 0.457 e. The van der Waals surface area contributed by atoms with Crippen LogP contribution in [0.2, 0.25) is 0 Å². The van der Waals surface area contributed by atoms with E-state index in [1.807, 2.05) is 0 Å². The molecule has 2 aliphatic heterocycles. The minimum absolute atomic E-state index is 0.179. The molecule has 0 saturated carbocycles. The first-order valence-electron chi connectivity index (χ1n) is 3.86. The number of aliphatic hydroxyl groups excluding tert-OH is 2. The average Bonchev–Trinajstić information content (AvgIpc) is 2.51. The van der Waals surface area contributed by atoms with Crippen molar-refractivity contribution in [2.75, 3.05) is 6.61 Å². The molecule has 2 saturated heterocycles. The maximum atomic E-state index is 10.7. The van der Waals surface area contributed by atoms with Crippen molar-refractivity contribution in [3.8, 4) is 0 Å². The molecule has 0 radical (unpaired) electrons. The van der Waals surface area contributed by atoms with Crippen molar-refractivity contribution >= 4 is 5.97 Å². The Hall–Kier alpha value is -0.650. The van der Waals surface area contributed by atoms with Gasteiger partial charge in [0, 0.05) is 0 Å². The number of carbonyl (C=O) groups is 1. The van der Waals surface area contributed by atoms with E-state index in [9.17, 15) is 9.90 Å². The van der Waals surface area contributed by atoms with Gasteiger partial charge < -0.3 is 19.7 Å². The third-order valence-electron chi connectivity index (χ3n) is 2.25. The van der Waals surface area contributed by atoms with Gasteiger partial charge in [0.15, 0.2) is 6.10 Å². The summed E-state index contributed by atoms with van der Waals surface area (Å²) < 4.78 is 9.98. The number of aliphatic hydroxyl groups is 2. The number of ether oxygens (including phenoxy) is 2. The molecule has 4 atom stereocenters. The summed E-state index contributed by atoms with van der Waals surface area (Å²) in [5, 5.41) is 18.1. The summed E-state index contributed by atoms with van der Waals surface area (Å²) in [7, 11) is 0. The van der Waals surface area contributed by atoms with Gasteiger partial charge in [-0.1, -0.05) is 0 Å². The second kappa shape index (κ2) is 2.69. The molecular formula is C7H10O5. The molecular weight excluding hydrogens is 164 g/mol. The summed E-state index contributed by atoms with van der Waals surface area (Å²) >= 11 is 0. The third kappa shape index (κ3) is 1.01. The van der Waals surface area contributed by atoms with Gasteiger partial charge >= 0.3 is 5.97 Å². The van der Waals surface area contributed by atoms with Crippen LogP contribution in [0.25, 0.3) is 0 Å². The molecule has 0 bridgehead atoms. The summed E-state index contributed by atoms with van der Waals surface area (Å²) in [6.07, 6.45) is -2.25. The molecule has 0 aliphatic carbocycles. The Morgan fingerprint density at radius 2 is 2.33 bits per heavy atom. The van der Waals surface area contributed by atoms with Gasteiger partial charge in [0.05, 0.1) is 13.0 Å². The van der Waals surface area contributed by atoms with Crippen molar-refractivity contribution < 1.29 is 24.5 Å². The van der Waals surface area contributed by atoms with Crippen molar-refractivity contribution in [1.29, 1.82) is 0 Å². The molecule has 12 heavy (non-hydrogen) atoms. The first-order chi connectivity index (χ1) is 5.72. The van der Waals surface area contributed by atoms with Gasteiger partial charge in [-0.25, -0.2) is 0 Å². The number of carbonyl (C=O) groups excluding carboxylic acids is 1. The van der Waals surface area contributed by atoms with E-state index in [2.05, 4.69) is 0 Å². The van der Waals surface area contributed by atoms with E-state index >= 15 is 0 Å². The van der Waals surface area contributed by atoms with Gasteiger partial charge in [0.2, 0.25) is 0 Å². The predicted octanol–water partition coefficient (Wildman–Crippen LogP) is -1.58. The van der Waals surface area contributed by atoms with Gasteiger partial charge in [-0.3, -0.25) is 4.79 Å². The normalized spacial score (nSPS) is 46.0. The van der Waals surface area contributed by atoms with Crippen molar-refractivity contribution in [2.45, 2.75) is 30.8 Å². The molecule has 2 rings (SSSR count). The van der Waals surface area contributed by atoms with Crippen LogP contribution in [0.1, 0.15) is 6.42 Å². The quantitative estimate of drug-likeness (QED) is 0.469. The van der Waals surface area contributed by atoms with Crippen LogP contribution < -0.4 is 0 Å². The van der Waals surface area contributed by atoms with E-state index in [1.54, 1.807) is 0 Å². The molecule has 0 aromatic carbocycles. The SMILES string of the molecule is O=C1CC2OC(CO)C(O)C2O1. The number of esters is 1. The molecule has 4 unspecified atom stereocenters. The van der Waals surface area contributed by atoms with Crippen LogP contribution in [-0.2, 0) is 14.3 Å². The van der Waals surface area contributed by atoms with Gasteiger partial charge in [-0.2, -0.15) is 0 Å². The first kappa shape index (κ1) is 7.97. The van der Waals surface area contributed by atoms with Crippen molar-refractivity contribution in [3.63, 3.8) is 0 Å². The lowest BCUT2D eigenvalue weighted by molar-refractivity contribution is -0.146. The fourth-order valence-electron chi connectivity index (χ4n) is 1.64. The summed E-state index contributed by atoms with van der Waals surface area (Å²) in [6.45, 7) is -0.244. The highest BCUT2D eigenvalue weighted by molar-refractivity contribution is 5.72. The summed E-state index contributed by atoms with van der Waals surface area (Å²) in [5.41, 5.74) is 0. The second-order valence-electron chi connectivity index (χ2n) is 3.04. The Balaban J connectivity index is 2.08. The van der Waals surface area contributed by atoms with Crippen LogP contribution >= 0.6 is 0 Å². The average molecular weight is 174 g/mol. The van der Waals surface area contributed by atoms with E-state index in [4.69, 9.17) is 14.6 Å². The molecule has 0 aromatic heterocycles. The lowest BCUT2D eigenvalue weighted by Gasteiger charge is -2.13. The van der Waals surface area contributed by atoms with Crippen LogP contribution in [0.4, 0.5) is 0 Å². The van der Waals surface area contributed by atoms with E-state index in [1.165, 1.54) is 0 Å². The molecule has 2 heterocycles. The Labute approximate surface area is 68.9 Å². The van der Waals surface area contributed by atoms with E-state index in [0.29, 0.717) is 0 Å². The minimum atomic E-state index is -0.883. The van der Waals surface area contributed by atoms with Crippen LogP contribution in [0.5, 0.6) is 0 Å². The minimum Gasteiger partial charge on any atom is -0.457 e. The molecule has 2 fully saturated rings. The molecule has 68 valence electrons. The first-order valence-corrected chi connectivity index (χ1v) is 3.86. The fraction of sp³-hybridized carbons (Fsp3) is 0.857. The zero-order valence-electron chi connectivity index (χ0n) is 6.34. The highest BCUT2D eigenvalue weighted by Crippen LogP contribution is 2.31. The highest BCUT2D eigenvalue weighted by atomic mass is 16.6. The van der Waals surface area contributed by atoms with Crippen LogP contribution in [-0.4, -0.2) is 47.2 Å². The van der Waals surface area contributed by atoms with Crippen molar-refractivity contribution in [1.82, 2.24) is 0 Å². The van der Waals surface area contributed by atoms with Gasteiger partial charge in [-0.15, -0.1) is 0 Å². The molecule has 0 spiro atoms. The predicted molar refractivity (Wildman–Crippen MR) is 36.3 cm³/mol. The zero-order chi connectivity index (χ0) is 8.72. The van der Waals surface area contributed by atoms with Crippen LogP contribution in [0, 0.1) is 0 Å². The number of rotatable bonds is 1. The molecule has 2 aliphatic rings. The summed E-state index contributed by atoms with van der Waals surface area (Å²) in [6, 6.07) is 0. The Kier molecular flexibility index (Phi) is 1.79. The molecule has 0 amide bonds. The highest BCUT2D eigenvalue weighted by Gasteiger charge is 2.50. The zero-order valence-corrected chi connectivity index (χ0v) is 6.34. The fourth-order valence-corrected chi connectivity index (χ4v) is 1.64.